The molecule has 4 nitrogen and oxygen atoms in total. The summed E-state index contributed by atoms with van der Waals surface area (Å²) in [7, 11) is -3.39. The third kappa shape index (κ3) is 3.05. The minimum atomic E-state index is -3.39. The Balaban J connectivity index is 2.34. The lowest BCUT2D eigenvalue weighted by Gasteiger charge is -2.31. The number of nitrogens with two attached hydrogens (primary N) is 1. The van der Waals surface area contributed by atoms with Gasteiger partial charge in [-0.25, -0.2) is 8.42 Å². The minimum absolute atomic E-state index is 0.361. The van der Waals surface area contributed by atoms with Gasteiger partial charge in [-0.3, -0.25) is 0 Å². The maximum atomic E-state index is 12.8. The predicted molar refractivity (Wildman–Crippen MR) is 80.8 cm³/mol. The highest BCUT2D eigenvalue weighted by Gasteiger charge is 2.30. The molecular formula is C15H24N2O2S. The lowest BCUT2D eigenvalue weighted by atomic mass is 9.97. The van der Waals surface area contributed by atoms with Crippen molar-refractivity contribution in [3.8, 4) is 0 Å². The van der Waals surface area contributed by atoms with Crippen molar-refractivity contribution in [2.45, 2.75) is 44.6 Å². The van der Waals surface area contributed by atoms with Crippen LogP contribution in [0.1, 0.15) is 37.3 Å². The van der Waals surface area contributed by atoms with E-state index in [0.29, 0.717) is 30.4 Å². The van der Waals surface area contributed by atoms with Crippen LogP contribution in [0, 0.1) is 12.8 Å². The van der Waals surface area contributed by atoms with E-state index in [0.717, 1.165) is 30.4 Å². The largest absolute Gasteiger partial charge is 0.326 e. The zero-order valence-electron chi connectivity index (χ0n) is 12.3. The molecule has 1 unspecified atom stereocenters. The number of nitrogens with zero attached hydrogens (tertiary/aromatic N) is 1. The number of sulfonamides is 1. The standard InChI is InChI=1S/C15H24N2O2S/c1-3-13-5-4-8-17(11-13)20(18,19)15-9-14(10-16)7-6-12(15)2/h6-7,9,13H,3-5,8,10-11,16H2,1-2H3. The van der Waals surface area contributed by atoms with Gasteiger partial charge in [0.15, 0.2) is 0 Å². The van der Waals surface area contributed by atoms with Crippen molar-refractivity contribution in [2.24, 2.45) is 11.7 Å². The molecule has 1 heterocycles. The van der Waals surface area contributed by atoms with Gasteiger partial charge in [0, 0.05) is 19.6 Å². The van der Waals surface area contributed by atoms with Gasteiger partial charge in [0.1, 0.15) is 0 Å². The van der Waals surface area contributed by atoms with E-state index in [9.17, 15) is 8.42 Å². The Morgan fingerprint density at radius 2 is 2.15 bits per heavy atom. The first-order valence-electron chi connectivity index (χ1n) is 7.28. The van der Waals surface area contributed by atoms with Crippen molar-refractivity contribution in [3.63, 3.8) is 0 Å². The highest BCUT2D eigenvalue weighted by atomic mass is 32.2. The summed E-state index contributed by atoms with van der Waals surface area (Å²) in [5, 5.41) is 0. The number of aryl methyl sites for hydroxylation is 1. The van der Waals surface area contributed by atoms with Crippen LogP contribution in [0.2, 0.25) is 0 Å². The fourth-order valence-corrected chi connectivity index (χ4v) is 4.60. The quantitative estimate of drug-likeness (QED) is 0.927. The van der Waals surface area contributed by atoms with Crippen molar-refractivity contribution in [3.05, 3.63) is 29.3 Å². The first-order valence-corrected chi connectivity index (χ1v) is 8.72. The minimum Gasteiger partial charge on any atom is -0.326 e. The molecule has 0 amide bonds. The second-order valence-corrected chi connectivity index (χ2v) is 7.49. The molecule has 1 fully saturated rings. The Bertz CT molecular complexity index is 569. The van der Waals surface area contributed by atoms with Crippen LogP contribution >= 0.6 is 0 Å². The van der Waals surface area contributed by atoms with E-state index in [4.69, 9.17) is 5.73 Å². The average molecular weight is 296 g/mol. The fourth-order valence-electron chi connectivity index (χ4n) is 2.77. The molecule has 0 spiro atoms. The SMILES string of the molecule is CCC1CCCN(S(=O)(=O)c2cc(CN)ccc2C)C1. The summed E-state index contributed by atoms with van der Waals surface area (Å²) in [4.78, 5) is 0.414. The van der Waals surface area contributed by atoms with E-state index in [1.165, 1.54) is 0 Å². The van der Waals surface area contributed by atoms with Crippen LogP contribution in [0.25, 0.3) is 0 Å². The van der Waals surface area contributed by atoms with Gasteiger partial charge in [0.25, 0.3) is 0 Å². The number of hydrogen-bond donors (Lipinski definition) is 1. The first-order chi connectivity index (χ1) is 9.48. The van der Waals surface area contributed by atoms with Crippen LogP contribution in [0.15, 0.2) is 23.1 Å². The predicted octanol–water partition coefficient (Wildman–Crippen LogP) is 2.26. The zero-order chi connectivity index (χ0) is 14.8. The molecule has 0 radical (unpaired) electrons. The molecule has 1 aliphatic rings. The molecule has 2 rings (SSSR count). The lowest BCUT2D eigenvalue weighted by molar-refractivity contribution is 0.261. The van der Waals surface area contributed by atoms with Crippen molar-refractivity contribution in [1.82, 2.24) is 4.31 Å². The maximum absolute atomic E-state index is 12.8. The molecule has 1 aliphatic heterocycles. The number of piperidine rings is 1. The normalized spacial score (nSPS) is 21.1. The van der Waals surface area contributed by atoms with Crippen molar-refractivity contribution >= 4 is 10.0 Å². The topological polar surface area (TPSA) is 63.4 Å². The molecule has 1 aromatic rings. The Hall–Kier alpha value is -0.910. The molecule has 0 saturated carbocycles. The van der Waals surface area contributed by atoms with Gasteiger partial charge >= 0.3 is 0 Å². The summed E-state index contributed by atoms with van der Waals surface area (Å²) in [5.74, 6) is 0.483. The molecule has 20 heavy (non-hydrogen) atoms. The van der Waals surface area contributed by atoms with Gasteiger partial charge in [-0.1, -0.05) is 25.5 Å². The Morgan fingerprint density at radius 1 is 1.40 bits per heavy atom. The van der Waals surface area contributed by atoms with Gasteiger partial charge < -0.3 is 5.73 Å². The molecule has 112 valence electrons. The monoisotopic (exact) mass is 296 g/mol. The van der Waals surface area contributed by atoms with E-state index in [1.807, 2.05) is 19.1 Å². The van der Waals surface area contributed by atoms with E-state index < -0.39 is 10.0 Å². The van der Waals surface area contributed by atoms with E-state index in [-0.39, 0.29) is 0 Å². The van der Waals surface area contributed by atoms with E-state index in [2.05, 4.69) is 6.92 Å². The highest BCUT2D eigenvalue weighted by molar-refractivity contribution is 7.89. The van der Waals surface area contributed by atoms with Crippen LogP contribution < -0.4 is 5.73 Å². The zero-order valence-corrected chi connectivity index (χ0v) is 13.1. The van der Waals surface area contributed by atoms with Gasteiger partial charge in [-0.15, -0.1) is 0 Å². The van der Waals surface area contributed by atoms with Gasteiger partial charge in [-0.05, 0) is 42.9 Å². The number of rotatable bonds is 4. The van der Waals surface area contributed by atoms with E-state index >= 15 is 0 Å². The summed E-state index contributed by atoms with van der Waals surface area (Å²) in [6.45, 7) is 5.60. The molecule has 0 aromatic heterocycles. The number of hydrogen-bond acceptors (Lipinski definition) is 3. The molecule has 1 atom stereocenters. The smallest absolute Gasteiger partial charge is 0.243 e. The van der Waals surface area contributed by atoms with Crippen LogP contribution in [-0.2, 0) is 16.6 Å². The summed E-state index contributed by atoms with van der Waals surface area (Å²) in [6, 6.07) is 5.45. The Kier molecular flexibility index (Phi) is 4.83. The molecular weight excluding hydrogens is 272 g/mol. The van der Waals surface area contributed by atoms with Gasteiger partial charge in [0.2, 0.25) is 10.0 Å². The summed E-state index contributed by atoms with van der Waals surface area (Å²) < 4.78 is 27.3. The molecule has 1 saturated heterocycles. The van der Waals surface area contributed by atoms with Crippen molar-refractivity contribution in [2.75, 3.05) is 13.1 Å². The maximum Gasteiger partial charge on any atom is 0.243 e. The first kappa shape index (κ1) is 15.5. The summed E-state index contributed by atoms with van der Waals surface area (Å²) in [5.41, 5.74) is 7.28. The molecule has 1 aromatic carbocycles. The highest BCUT2D eigenvalue weighted by Crippen LogP contribution is 2.27. The van der Waals surface area contributed by atoms with Gasteiger partial charge in [-0.2, -0.15) is 4.31 Å². The molecule has 5 heteroatoms. The molecule has 0 bridgehead atoms. The van der Waals surface area contributed by atoms with E-state index in [1.54, 1.807) is 10.4 Å². The van der Waals surface area contributed by atoms with Crippen molar-refractivity contribution in [1.29, 1.82) is 0 Å². The summed E-state index contributed by atoms with van der Waals surface area (Å²) in [6.07, 6.45) is 3.12. The summed E-state index contributed by atoms with van der Waals surface area (Å²) >= 11 is 0. The molecule has 0 aliphatic carbocycles. The fraction of sp³-hybridized carbons (Fsp3) is 0.600. The van der Waals surface area contributed by atoms with Crippen LogP contribution in [0.3, 0.4) is 0 Å². The Morgan fingerprint density at radius 3 is 2.80 bits per heavy atom. The van der Waals surface area contributed by atoms with Crippen LogP contribution in [0.4, 0.5) is 0 Å². The molecule has 2 N–H and O–H groups in total. The van der Waals surface area contributed by atoms with Crippen molar-refractivity contribution < 1.29 is 8.42 Å². The third-order valence-electron chi connectivity index (χ3n) is 4.17. The van der Waals surface area contributed by atoms with Gasteiger partial charge in [0.05, 0.1) is 4.90 Å². The van der Waals surface area contributed by atoms with Crippen LogP contribution in [0.5, 0.6) is 0 Å². The number of benzene rings is 1. The third-order valence-corrected chi connectivity index (χ3v) is 6.17. The Labute approximate surface area is 122 Å². The average Bonchev–Trinajstić information content (AvgIpc) is 2.47. The second kappa shape index (κ2) is 6.24. The van der Waals surface area contributed by atoms with Crippen LogP contribution in [-0.4, -0.2) is 25.8 Å². The second-order valence-electron chi connectivity index (χ2n) is 5.58. The lowest BCUT2D eigenvalue weighted by Crippen LogP contribution is -2.40.